The molecule has 152 valence electrons. The molecule has 1 N–H and O–H groups in total. The molecule has 0 aromatic heterocycles. The van der Waals surface area contributed by atoms with Gasteiger partial charge >= 0.3 is 0 Å². The van der Waals surface area contributed by atoms with Crippen molar-refractivity contribution < 1.29 is 9.47 Å². The Bertz CT molecular complexity index is 403. The first-order valence-corrected chi connectivity index (χ1v) is 10.6. The molecule has 2 aliphatic heterocycles. The maximum atomic E-state index is 6.13. The SMILES string of the molecule is CCNC(=NCCN(C)C(C)C)N1CCC(OCC2CCCCO2)CC1. The zero-order chi connectivity index (χ0) is 18.8. The first kappa shape index (κ1) is 21.5. The van der Waals surface area contributed by atoms with Crippen LogP contribution in [0.15, 0.2) is 4.99 Å². The number of nitrogens with zero attached hydrogens (tertiary/aromatic N) is 3. The molecule has 6 nitrogen and oxygen atoms in total. The van der Waals surface area contributed by atoms with Crippen LogP contribution >= 0.6 is 0 Å². The maximum absolute atomic E-state index is 6.13. The minimum atomic E-state index is 0.318. The highest BCUT2D eigenvalue weighted by atomic mass is 16.5. The highest BCUT2D eigenvalue weighted by Crippen LogP contribution is 2.18. The van der Waals surface area contributed by atoms with E-state index in [4.69, 9.17) is 14.5 Å². The van der Waals surface area contributed by atoms with Crippen LogP contribution in [0.1, 0.15) is 52.9 Å². The van der Waals surface area contributed by atoms with Crippen molar-refractivity contribution in [1.82, 2.24) is 15.1 Å². The minimum Gasteiger partial charge on any atom is -0.376 e. The molecule has 0 bridgehead atoms. The molecule has 2 rings (SSSR count). The predicted molar refractivity (Wildman–Crippen MR) is 108 cm³/mol. The maximum Gasteiger partial charge on any atom is 0.193 e. The van der Waals surface area contributed by atoms with Crippen molar-refractivity contribution in [1.29, 1.82) is 0 Å². The number of likely N-dealkylation sites (tertiary alicyclic amines) is 1. The Morgan fingerprint density at radius 2 is 2.04 bits per heavy atom. The zero-order valence-corrected chi connectivity index (χ0v) is 17.4. The summed E-state index contributed by atoms with van der Waals surface area (Å²) < 4.78 is 11.9. The predicted octanol–water partition coefficient (Wildman–Crippen LogP) is 2.34. The smallest absolute Gasteiger partial charge is 0.193 e. The van der Waals surface area contributed by atoms with Crippen LogP contribution in [0.25, 0.3) is 0 Å². The van der Waals surface area contributed by atoms with Crippen LogP contribution in [0.2, 0.25) is 0 Å². The third kappa shape index (κ3) is 7.41. The van der Waals surface area contributed by atoms with Gasteiger partial charge in [0.25, 0.3) is 0 Å². The summed E-state index contributed by atoms with van der Waals surface area (Å²) in [5, 5.41) is 3.45. The molecule has 0 spiro atoms. The number of ether oxygens (including phenoxy) is 2. The molecule has 0 aromatic rings. The lowest BCUT2D eigenvalue weighted by Gasteiger charge is -2.35. The van der Waals surface area contributed by atoms with Gasteiger partial charge in [-0.25, -0.2) is 0 Å². The van der Waals surface area contributed by atoms with Crippen LogP contribution in [-0.4, -0.2) is 87.0 Å². The van der Waals surface area contributed by atoms with Crippen molar-refractivity contribution in [3.63, 3.8) is 0 Å². The summed E-state index contributed by atoms with van der Waals surface area (Å²) >= 11 is 0. The van der Waals surface area contributed by atoms with Crippen LogP contribution < -0.4 is 5.32 Å². The topological polar surface area (TPSA) is 49.3 Å². The van der Waals surface area contributed by atoms with E-state index in [1.54, 1.807) is 0 Å². The number of aliphatic imine (C=N–C) groups is 1. The lowest BCUT2D eigenvalue weighted by Crippen LogP contribution is -2.47. The van der Waals surface area contributed by atoms with Crippen LogP contribution in [0.5, 0.6) is 0 Å². The third-order valence-electron chi connectivity index (χ3n) is 5.46. The Morgan fingerprint density at radius 1 is 1.27 bits per heavy atom. The highest BCUT2D eigenvalue weighted by Gasteiger charge is 2.23. The van der Waals surface area contributed by atoms with Crippen molar-refractivity contribution in [2.24, 2.45) is 4.99 Å². The summed E-state index contributed by atoms with van der Waals surface area (Å²) in [5.74, 6) is 1.05. The molecule has 1 atom stereocenters. The average molecular weight is 369 g/mol. The quantitative estimate of drug-likeness (QED) is 0.526. The Balaban J connectivity index is 1.72. The number of likely N-dealkylation sites (N-methyl/N-ethyl adjacent to an activating group) is 1. The number of piperidine rings is 1. The number of rotatable bonds is 8. The van der Waals surface area contributed by atoms with E-state index >= 15 is 0 Å². The van der Waals surface area contributed by atoms with Gasteiger partial charge in [0.05, 0.1) is 25.4 Å². The monoisotopic (exact) mass is 368 g/mol. The molecule has 2 saturated heterocycles. The molecular formula is C20H40N4O2. The van der Waals surface area contributed by atoms with Gasteiger partial charge in [-0.3, -0.25) is 4.99 Å². The van der Waals surface area contributed by atoms with Gasteiger partial charge in [-0.2, -0.15) is 0 Å². The van der Waals surface area contributed by atoms with E-state index in [1.807, 2.05) is 0 Å². The molecule has 6 heteroatoms. The summed E-state index contributed by atoms with van der Waals surface area (Å²) in [6.45, 7) is 13.0. The number of hydrogen-bond acceptors (Lipinski definition) is 4. The lowest BCUT2D eigenvalue weighted by molar-refractivity contribution is -0.0721. The van der Waals surface area contributed by atoms with Gasteiger partial charge < -0.3 is 24.6 Å². The van der Waals surface area contributed by atoms with E-state index in [-0.39, 0.29) is 0 Å². The van der Waals surface area contributed by atoms with E-state index in [0.717, 1.165) is 71.2 Å². The Labute approximate surface area is 160 Å². The molecule has 2 aliphatic rings. The molecule has 0 aromatic carbocycles. The van der Waals surface area contributed by atoms with Crippen LogP contribution in [0.4, 0.5) is 0 Å². The van der Waals surface area contributed by atoms with Gasteiger partial charge in [0.15, 0.2) is 5.96 Å². The van der Waals surface area contributed by atoms with Crippen molar-refractivity contribution in [3.8, 4) is 0 Å². The molecular weight excluding hydrogens is 328 g/mol. The number of hydrogen-bond donors (Lipinski definition) is 1. The zero-order valence-electron chi connectivity index (χ0n) is 17.4. The van der Waals surface area contributed by atoms with Crippen LogP contribution in [-0.2, 0) is 9.47 Å². The second kappa shape index (κ2) is 11.8. The number of nitrogens with one attached hydrogen (secondary N) is 1. The average Bonchev–Trinajstić information content (AvgIpc) is 2.67. The number of guanidine groups is 1. The molecule has 0 radical (unpaired) electrons. The molecule has 0 aliphatic carbocycles. The second-order valence-electron chi connectivity index (χ2n) is 7.82. The molecule has 2 fully saturated rings. The van der Waals surface area contributed by atoms with E-state index < -0.39 is 0 Å². The fraction of sp³-hybridized carbons (Fsp3) is 0.950. The van der Waals surface area contributed by atoms with E-state index in [9.17, 15) is 0 Å². The summed E-state index contributed by atoms with van der Waals surface area (Å²) in [5.41, 5.74) is 0. The largest absolute Gasteiger partial charge is 0.376 e. The highest BCUT2D eigenvalue weighted by molar-refractivity contribution is 5.80. The van der Waals surface area contributed by atoms with Crippen LogP contribution in [0, 0.1) is 0 Å². The first-order chi connectivity index (χ1) is 12.6. The van der Waals surface area contributed by atoms with Gasteiger partial charge in [-0.1, -0.05) is 0 Å². The Morgan fingerprint density at radius 3 is 2.65 bits per heavy atom. The summed E-state index contributed by atoms with van der Waals surface area (Å²) in [6.07, 6.45) is 6.47. The van der Waals surface area contributed by atoms with Crippen molar-refractivity contribution >= 4 is 5.96 Å². The summed E-state index contributed by atoms with van der Waals surface area (Å²) in [6, 6.07) is 0.564. The third-order valence-corrected chi connectivity index (χ3v) is 5.46. The van der Waals surface area contributed by atoms with E-state index in [1.165, 1.54) is 12.8 Å². The fourth-order valence-electron chi connectivity index (χ4n) is 3.41. The lowest BCUT2D eigenvalue weighted by atomic mass is 10.1. The van der Waals surface area contributed by atoms with Gasteiger partial charge in [0.2, 0.25) is 0 Å². The van der Waals surface area contributed by atoms with E-state index in [0.29, 0.717) is 18.2 Å². The molecule has 26 heavy (non-hydrogen) atoms. The molecule has 1 unspecified atom stereocenters. The first-order valence-electron chi connectivity index (χ1n) is 10.6. The van der Waals surface area contributed by atoms with Crippen LogP contribution in [0.3, 0.4) is 0 Å². The minimum absolute atomic E-state index is 0.318. The summed E-state index contributed by atoms with van der Waals surface area (Å²) in [7, 11) is 2.16. The summed E-state index contributed by atoms with van der Waals surface area (Å²) in [4.78, 5) is 9.55. The van der Waals surface area contributed by atoms with Gasteiger partial charge in [0, 0.05) is 38.8 Å². The standard InChI is InChI=1S/C20H40N4O2/c1-5-21-20(22-11-14-23(4)17(2)3)24-12-9-18(10-13-24)26-16-19-8-6-7-15-25-19/h17-19H,5-16H2,1-4H3,(H,21,22). The van der Waals surface area contributed by atoms with Gasteiger partial charge in [-0.15, -0.1) is 0 Å². The Kier molecular flexibility index (Phi) is 9.72. The van der Waals surface area contributed by atoms with E-state index in [2.05, 4.69) is 42.9 Å². The normalized spacial score (nSPS) is 23.1. The molecule has 0 saturated carbocycles. The second-order valence-corrected chi connectivity index (χ2v) is 7.82. The molecule has 0 amide bonds. The molecule has 2 heterocycles. The van der Waals surface area contributed by atoms with Gasteiger partial charge in [0.1, 0.15) is 0 Å². The van der Waals surface area contributed by atoms with Crippen molar-refractivity contribution in [3.05, 3.63) is 0 Å². The van der Waals surface area contributed by atoms with Crippen molar-refractivity contribution in [2.75, 3.05) is 53.0 Å². The van der Waals surface area contributed by atoms with Gasteiger partial charge in [-0.05, 0) is 59.9 Å². The Hall–Kier alpha value is -0.850. The van der Waals surface area contributed by atoms with Crippen molar-refractivity contribution in [2.45, 2.75) is 71.1 Å². The fourth-order valence-corrected chi connectivity index (χ4v) is 3.41.